The molecule has 1 saturated heterocycles. The van der Waals surface area contributed by atoms with Crippen molar-refractivity contribution in [2.75, 3.05) is 25.9 Å². The average Bonchev–Trinajstić information content (AvgIpc) is 3.11. The Morgan fingerprint density at radius 2 is 2.00 bits per heavy atom. The third-order valence-corrected chi connectivity index (χ3v) is 7.85. The number of sulfone groups is 1. The van der Waals surface area contributed by atoms with E-state index in [0.29, 0.717) is 22.3 Å². The topological polar surface area (TPSA) is 82.4 Å². The van der Waals surface area contributed by atoms with Crippen LogP contribution in [0.1, 0.15) is 30.1 Å². The second-order valence-corrected chi connectivity index (χ2v) is 11.2. The van der Waals surface area contributed by atoms with Crippen LogP contribution in [0, 0.1) is 11.3 Å². The van der Waals surface area contributed by atoms with E-state index in [1.165, 1.54) is 6.26 Å². The van der Waals surface area contributed by atoms with Gasteiger partial charge in [-0.1, -0.05) is 23.2 Å². The maximum Gasteiger partial charge on any atom is 0.175 e. The van der Waals surface area contributed by atoms with Crippen LogP contribution in [0.5, 0.6) is 5.75 Å². The van der Waals surface area contributed by atoms with E-state index in [9.17, 15) is 8.42 Å². The molecule has 0 bridgehead atoms. The van der Waals surface area contributed by atoms with Gasteiger partial charge in [0.2, 0.25) is 0 Å². The van der Waals surface area contributed by atoms with Crippen molar-refractivity contribution in [2.24, 2.45) is 0 Å². The average molecular weight is 494 g/mol. The molecule has 1 N–H and O–H groups in total. The molecule has 0 saturated carbocycles. The van der Waals surface area contributed by atoms with Crippen LogP contribution in [-0.4, -0.2) is 51.3 Å². The van der Waals surface area contributed by atoms with Crippen molar-refractivity contribution in [3.05, 3.63) is 57.6 Å². The Labute approximate surface area is 199 Å². The number of piperidine rings is 1. The molecule has 2 aromatic carbocycles. The third kappa shape index (κ3) is 5.05. The summed E-state index contributed by atoms with van der Waals surface area (Å²) in [5.41, 5.74) is 2.00. The molecule has 1 aliphatic carbocycles. The number of likely N-dealkylation sites (tertiary alicyclic amines) is 1. The van der Waals surface area contributed by atoms with E-state index >= 15 is 0 Å². The standard InChI is InChI=1S/C23H25Cl2N3O3S/c1-32(29,30)18-6-4-17(5-7-18)31-23-20-11-15(24)12-21(25)19(20)13-22(23)28-10-2-3-16(14-28)27-9-8-26/h4-7,11-12,16,22-23,27H,2-3,9-10,13-14H2,1H3/t16-,22+,23+/m1/s1. The zero-order valence-electron chi connectivity index (χ0n) is 17.7. The summed E-state index contributed by atoms with van der Waals surface area (Å²) in [5, 5.41) is 13.4. The Balaban J connectivity index is 1.62. The predicted molar refractivity (Wildman–Crippen MR) is 125 cm³/mol. The van der Waals surface area contributed by atoms with E-state index in [2.05, 4.69) is 16.3 Å². The van der Waals surface area contributed by atoms with Gasteiger partial charge in [-0.3, -0.25) is 4.90 Å². The van der Waals surface area contributed by atoms with E-state index in [1.807, 2.05) is 6.07 Å². The largest absolute Gasteiger partial charge is 0.484 e. The molecule has 0 radical (unpaired) electrons. The van der Waals surface area contributed by atoms with Crippen LogP contribution in [0.2, 0.25) is 10.0 Å². The smallest absolute Gasteiger partial charge is 0.175 e. The molecule has 4 rings (SSSR count). The fourth-order valence-electron chi connectivity index (χ4n) is 4.65. The highest BCUT2D eigenvalue weighted by Gasteiger charge is 2.41. The molecule has 3 atom stereocenters. The minimum atomic E-state index is -3.28. The number of benzene rings is 2. The van der Waals surface area contributed by atoms with Gasteiger partial charge >= 0.3 is 0 Å². The quantitative estimate of drug-likeness (QED) is 0.611. The maximum atomic E-state index is 11.8. The molecule has 2 aromatic rings. The SMILES string of the molecule is CS(=O)(=O)c1ccc(O[C@H]2c3cc(Cl)cc(Cl)c3C[C@@H]2N2CCC[C@@H](NCC#N)C2)cc1. The fraction of sp³-hybridized carbons (Fsp3) is 0.435. The van der Waals surface area contributed by atoms with Gasteiger partial charge in [-0.05, 0) is 67.8 Å². The van der Waals surface area contributed by atoms with Crippen LogP contribution >= 0.6 is 23.2 Å². The Morgan fingerprint density at radius 1 is 1.25 bits per heavy atom. The maximum absolute atomic E-state index is 11.8. The number of ether oxygens (including phenoxy) is 1. The Morgan fingerprint density at radius 3 is 2.69 bits per heavy atom. The first kappa shape index (κ1) is 23.3. The molecule has 0 amide bonds. The molecule has 32 heavy (non-hydrogen) atoms. The van der Waals surface area contributed by atoms with Gasteiger partial charge in [0, 0.05) is 34.5 Å². The van der Waals surface area contributed by atoms with Crippen LogP contribution in [-0.2, 0) is 16.3 Å². The molecule has 0 unspecified atom stereocenters. The highest BCUT2D eigenvalue weighted by Crippen LogP contribution is 2.43. The summed E-state index contributed by atoms with van der Waals surface area (Å²) >= 11 is 12.9. The van der Waals surface area contributed by atoms with Crippen molar-refractivity contribution in [3.8, 4) is 11.8 Å². The Kier molecular flexibility index (Phi) is 6.99. The summed E-state index contributed by atoms with van der Waals surface area (Å²) in [7, 11) is -3.28. The molecule has 1 aliphatic heterocycles. The lowest BCUT2D eigenvalue weighted by Gasteiger charge is -2.39. The van der Waals surface area contributed by atoms with Crippen molar-refractivity contribution in [2.45, 2.75) is 42.3 Å². The number of rotatable bonds is 6. The molecule has 9 heteroatoms. The molecule has 1 fully saturated rings. The van der Waals surface area contributed by atoms with Gasteiger partial charge in [0.25, 0.3) is 0 Å². The Bertz CT molecular complexity index is 1130. The molecular formula is C23H25Cl2N3O3S. The monoisotopic (exact) mass is 493 g/mol. The van der Waals surface area contributed by atoms with Gasteiger partial charge in [0.05, 0.1) is 23.6 Å². The van der Waals surface area contributed by atoms with Crippen LogP contribution in [0.3, 0.4) is 0 Å². The second kappa shape index (κ2) is 9.58. The first-order valence-corrected chi connectivity index (χ1v) is 13.2. The zero-order chi connectivity index (χ0) is 22.9. The molecule has 170 valence electrons. The van der Waals surface area contributed by atoms with E-state index in [1.54, 1.807) is 30.3 Å². The molecule has 0 aromatic heterocycles. The highest BCUT2D eigenvalue weighted by atomic mass is 35.5. The summed E-state index contributed by atoms with van der Waals surface area (Å²) < 4.78 is 30.0. The van der Waals surface area contributed by atoms with Gasteiger partial charge in [-0.2, -0.15) is 5.26 Å². The zero-order valence-corrected chi connectivity index (χ0v) is 20.1. The van der Waals surface area contributed by atoms with Gasteiger partial charge in [-0.15, -0.1) is 0 Å². The minimum absolute atomic E-state index is 0.0576. The lowest BCUT2D eigenvalue weighted by atomic mass is 10.0. The first-order valence-electron chi connectivity index (χ1n) is 10.5. The van der Waals surface area contributed by atoms with Crippen molar-refractivity contribution >= 4 is 33.0 Å². The van der Waals surface area contributed by atoms with E-state index < -0.39 is 9.84 Å². The number of nitrogens with zero attached hydrogens (tertiary/aromatic N) is 2. The molecular weight excluding hydrogens is 469 g/mol. The van der Waals surface area contributed by atoms with Gasteiger partial charge in [0.15, 0.2) is 9.84 Å². The molecule has 6 nitrogen and oxygen atoms in total. The van der Waals surface area contributed by atoms with Crippen molar-refractivity contribution in [3.63, 3.8) is 0 Å². The summed E-state index contributed by atoms with van der Waals surface area (Å²) in [4.78, 5) is 2.65. The van der Waals surface area contributed by atoms with Crippen molar-refractivity contribution in [1.82, 2.24) is 10.2 Å². The van der Waals surface area contributed by atoms with Crippen LogP contribution in [0.15, 0.2) is 41.3 Å². The molecule has 2 aliphatic rings. The van der Waals surface area contributed by atoms with Crippen LogP contribution in [0.25, 0.3) is 0 Å². The van der Waals surface area contributed by atoms with Gasteiger partial charge in [-0.25, -0.2) is 8.42 Å². The number of hydrogen-bond acceptors (Lipinski definition) is 6. The summed E-state index contributed by atoms with van der Waals surface area (Å²) in [6.07, 6.45) is 3.69. The van der Waals surface area contributed by atoms with Crippen molar-refractivity contribution < 1.29 is 13.2 Å². The number of fused-ring (bicyclic) bond motifs is 1. The Hall–Kier alpha value is -1.82. The van der Waals surface area contributed by atoms with Crippen molar-refractivity contribution in [1.29, 1.82) is 5.26 Å². The number of halogens is 2. The lowest BCUT2D eigenvalue weighted by molar-refractivity contribution is 0.0551. The lowest BCUT2D eigenvalue weighted by Crippen LogP contribution is -2.51. The van der Waals surface area contributed by atoms with E-state index in [-0.39, 0.29) is 23.1 Å². The predicted octanol–water partition coefficient (Wildman–Crippen LogP) is 4.02. The molecule has 0 spiro atoms. The van der Waals surface area contributed by atoms with Crippen LogP contribution in [0.4, 0.5) is 0 Å². The second-order valence-electron chi connectivity index (χ2n) is 8.38. The third-order valence-electron chi connectivity index (χ3n) is 6.17. The van der Waals surface area contributed by atoms with Gasteiger partial charge in [0.1, 0.15) is 11.9 Å². The first-order chi connectivity index (χ1) is 15.3. The summed E-state index contributed by atoms with van der Waals surface area (Å²) in [6.45, 7) is 2.08. The van der Waals surface area contributed by atoms with Crippen LogP contribution < -0.4 is 10.1 Å². The normalized spacial score (nSPS) is 23.5. The number of nitrogens with one attached hydrogen (secondary N) is 1. The van der Waals surface area contributed by atoms with Gasteiger partial charge < -0.3 is 10.1 Å². The molecule has 1 heterocycles. The van der Waals surface area contributed by atoms with E-state index in [0.717, 1.165) is 43.5 Å². The fourth-order valence-corrected chi connectivity index (χ4v) is 5.87. The number of nitriles is 1. The van der Waals surface area contributed by atoms with E-state index in [4.69, 9.17) is 33.2 Å². The summed E-state index contributed by atoms with van der Waals surface area (Å²) in [6, 6.07) is 12.6. The minimum Gasteiger partial charge on any atom is -0.484 e. The summed E-state index contributed by atoms with van der Waals surface area (Å²) in [5.74, 6) is 0.590. The number of hydrogen-bond donors (Lipinski definition) is 1. The highest BCUT2D eigenvalue weighted by molar-refractivity contribution is 7.90.